The van der Waals surface area contributed by atoms with Crippen molar-refractivity contribution in [3.8, 4) is 17.2 Å². The Bertz CT molecular complexity index is 878. The minimum Gasteiger partial charge on any atom is -0.493 e. The van der Waals surface area contributed by atoms with Crippen molar-refractivity contribution in [1.29, 1.82) is 0 Å². The third-order valence-corrected chi connectivity index (χ3v) is 5.60. The topological polar surface area (TPSA) is 44.8 Å². The van der Waals surface area contributed by atoms with E-state index < -0.39 is 0 Å². The predicted octanol–water partition coefficient (Wildman–Crippen LogP) is 5.96. The van der Waals surface area contributed by atoms with Gasteiger partial charge in [0.15, 0.2) is 17.3 Å². The zero-order valence-corrected chi connectivity index (χ0v) is 19.8. The molecular formula is C26H32O4S. The molecule has 0 saturated heterocycles. The van der Waals surface area contributed by atoms with E-state index in [-0.39, 0.29) is 11.7 Å². The molecular weight excluding hydrogens is 408 g/mol. The van der Waals surface area contributed by atoms with Crippen LogP contribution in [0.3, 0.4) is 0 Å². The molecule has 2 rings (SSSR count). The van der Waals surface area contributed by atoms with Crippen LogP contribution in [-0.4, -0.2) is 32.0 Å². The van der Waals surface area contributed by atoms with Crippen LogP contribution >= 0.6 is 12.2 Å². The Morgan fingerprint density at radius 1 is 0.968 bits per heavy atom. The molecule has 0 amide bonds. The van der Waals surface area contributed by atoms with Crippen LogP contribution in [0.1, 0.15) is 37.8 Å². The van der Waals surface area contributed by atoms with Crippen LogP contribution < -0.4 is 14.2 Å². The zero-order chi connectivity index (χ0) is 22.8. The lowest BCUT2D eigenvalue weighted by Crippen LogP contribution is -2.17. The molecule has 5 heteroatoms. The molecule has 0 spiro atoms. The van der Waals surface area contributed by atoms with Gasteiger partial charge < -0.3 is 14.2 Å². The van der Waals surface area contributed by atoms with E-state index in [4.69, 9.17) is 26.4 Å². The SMILES string of the molecule is COc1cc(/C=C/C(=O)CC(CC(=S)Cc2ccccc2)C(C)C)cc(OC)c1OC. The lowest BCUT2D eigenvalue weighted by Gasteiger charge is -2.20. The third-order valence-electron chi connectivity index (χ3n) is 5.29. The maximum absolute atomic E-state index is 12.7. The Balaban J connectivity index is 2.04. The minimum absolute atomic E-state index is 0.0787. The smallest absolute Gasteiger partial charge is 0.203 e. The molecule has 2 aromatic rings. The van der Waals surface area contributed by atoms with Crippen LogP contribution in [0, 0.1) is 11.8 Å². The van der Waals surface area contributed by atoms with Gasteiger partial charge in [-0.2, -0.15) is 0 Å². The molecule has 0 radical (unpaired) electrons. The summed E-state index contributed by atoms with van der Waals surface area (Å²) in [5.41, 5.74) is 2.02. The molecule has 166 valence electrons. The molecule has 0 aliphatic heterocycles. The van der Waals surface area contributed by atoms with Gasteiger partial charge in [0.2, 0.25) is 5.75 Å². The maximum Gasteiger partial charge on any atom is 0.203 e. The van der Waals surface area contributed by atoms with Gasteiger partial charge >= 0.3 is 0 Å². The summed E-state index contributed by atoms with van der Waals surface area (Å²) in [7, 11) is 4.71. The lowest BCUT2D eigenvalue weighted by atomic mass is 9.85. The zero-order valence-electron chi connectivity index (χ0n) is 19.0. The quantitative estimate of drug-likeness (QED) is 0.301. The summed E-state index contributed by atoms with van der Waals surface area (Å²) in [6.07, 6.45) is 5.41. The first-order chi connectivity index (χ1) is 14.9. The van der Waals surface area contributed by atoms with Crippen molar-refractivity contribution in [2.45, 2.75) is 33.1 Å². The number of carbonyl (C=O) groups excluding carboxylic acids is 1. The number of hydrogen-bond donors (Lipinski definition) is 0. The summed E-state index contributed by atoms with van der Waals surface area (Å²) in [6, 6.07) is 13.9. The van der Waals surface area contributed by atoms with Crippen molar-refractivity contribution in [1.82, 2.24) is 0 Å². The van der Waals surface area contributed by atoms with Gasteiger partial charge in [-0.1, -0.05) is 62.5 Å². The largest absolute Gasteiger partial charge is 0.493 e. The molecule has 0 aliphatic carbocycles. The number of carbonyl (C=O) groups is 1. The Morgan fingerprint density at radius 3 is 2.10 bits per heavy atom. The third kappa shape index (κ3) is 7.51. The van der Waals surface area contributed by atoms with Gasteiger partial charge in [-0.25, -0.2) is 0 Å². The van der Waals surface area contributed by atoms with Crippen molar-refractivity contribution >= 4 is 28.9 Å². The molecule has 0 bridgehead atoms. The average Bonchev–Trinajstić information content (AvgIpc) is 2.76. The first-order valence-electron chi connectivity index (χ1n) is 10.4. The van der Waals surface area contributed by atoms with Gasteiger partial charge in [0.1, 0.15) is 0 Å². The van der Waals surface area contributed by atoms with Crippen molar-refractivity contribution in [3.05, 3.63) is 59.7 Å². The van der Waals surface area contributed by atoms with Crippen LogP contribution in [0.25, 0.3) is 6.08 Å². The molecule has 4 nitrogen and oxygen atoms in total. The molecule has 0 aromatic heterocycles. The van der Waals surface area contributed by atoms with Gasteiger partial charge in [-0.05, 0) is 52.5 Å². The number of benzene rings is 2. The average molecular weight is 441 g/mol. The fourth-order valence-corrected chi connectivity index (χ4v) is 3.83. The van der Waals surface area contributed by atoms with E-state index in [0.29, 0.717) is 29.6 Å². The van der Waals surface area contributed by atoms with E-state index >= 15 is 0 Å². The highest BCUT2D eigenvalue weighted by atomic mass is 32.1. The first-order valence-corrected chi connectivity index (χ1v) is 10.8. The number of ether oxygens (including phenoxy) is 3. The van der Waals surface area contributed by atoms with Gasteiger partial charge in [0.25, 0.3) is 0 Å². The highest BCUT2D eigenvalue weighted by Crippen LogP contribution is 2.38. The number of ketones is 1. The molecule has 0 saturated carbocycles. The Hall–Kier alpha value is -2.66. The molecule has 0 fully saturated rings. The fraction of sp³-hybridized carbons (Fsp3) is 0.385. The highest BCUT2D eigenvalue weighted by Gasteiger charge is 2.19. The second kappa shape index (κ2) is 12.3. The number of rotatable bonds is 12. The van der Waals surface area contributed by atoms with E-state index in [1.54, 1.807) is 33.5 Å². The van der Waals surface area contributed by atoms with Crippen LogP contribution in [0.4, 0.5) is 0 Å². The molecule has 0 aliphatic rings. The van der Waals surface area contributed by atoms with E-state index in [2.05, 4.69) is 26.0 Å². The van der Waals surface area contributed by atoms with Gasteiger partial charge in [0, 0.05) is 12.8 Å². The predicted molar refractivity (Wildman–Crippen MR) is 130 cm³/mol. The first kappa shape index (κ1) is 24.6. The molecule has 2 aromatic carbocycles. The molecule has 1 atom stereocenters. The van der Waals surface area contributed by atoms with E-state index in [9.17, 15) is 4.79 Å². The van der Waals surface area contributed by atoms with Crippen LogP contribution in [0.15, 0.2) is 48.5 Å². The minimum atomic E-state index is 0.0787. The molecule has 31 heavy (non-hydrogen) atoms. The number of thiocarbonyl (C=S) groups is 1. The van der Waals surface area contributed by atoms with Crippen molar-refractivity contribution in [2.75, 3.05) is 21.3 Å². The molecule has 0 heterocycles. The highest BCUT2D eigenvalue weighted by molar-refractivity contribution is 7.80. The molecule has 0 N–H and O–H groups in total. The van der Waals surface area contributed by atoms with Crippen LogP contribution in [0.2, 0.25) is 0 Å². The van der Waals surface area contributed by atoms with Crippen LogP contribution in [0.5, 0.6) is 17.2 Å². The van der Waals surface area contributed by atoms with Gasteiger partial charge in [-0.3, -0.25) is 4.79 Å². The van der Waals surface area contributed by atoms with Gasteiger partial charge in [0.05, 0.1) is 21.3 Å². The summed E-state index contributed by atoms with van der Waals surface area (Å²) in [5.74, 6) is 2.30. The summed E-state index contributed by atoms with van der Waals surface area (Å²) in [5, 5.41) is 0. The van der Waals surface area contributed by atoms with Gasteiger partial charge in [-0.15, -0.1) is 0 Å². The Labute approximate surface area is 191 Å². The number of hydrogen-bond acceptors (Lipinski definition) is 5. The summed E-state index contributed by atoms with van der Waals surface area (Å²) >= 11 is 5.64. The fourth-order valence-electron chi connectivity index (χ4n) is 3.44. The van der Waals surface area contributed by atoms with E-state index in [1.807, 2.05) is 30.3 Å². The monoisotopic (exact) mass is 440 g/mol. The van der Waals surface area contributed by atoms with Crippen LogP contribution in [-0.2, 0) is 11.2 Å². The van der Waals surface area contributed by atoms with Crippen molar-refractivity contribution in [2.24, 2.45) is 11.8 Å². The van der Waals surface area contributed by atoms with E-state index in [1.165, 1.54) is 5.56 Å². The van der Waals surface area contributed by atoms with E-state index in [0.717, 1.165) is 23.3 Å². The summed E-state index contributed by atoms with van der Waals surface area (Å²) in [4.78, 5) is 13.7. The second-order valence-corrected chi connectivity index (χ2v) is 8.45. The standard InChI is InChI=1S/C26H32O4S/c1-18(2)21(17-23(31)13-19-9-7-6-8-10-19)16-22(27)12-11-20-14-24(28-3)26(30-5)25(15-20)29-4/h6-12,14-15,18,21H,13,16-17H2,1-5H3/b12-11+. The Kier molecular flexibility index (Phi) is 9.73. The Morgan fingerprint density at radius 2 is 1.58 bits per heavy atom. The normalized spacial score (nSPS) is 12.1. The number of methoxy groups -OCH3 is 3. The van der Waals surface area contributed by atoms with Crippen molar-refractivity contribution in [3.63, 3.8) is 0 Å². The number of allylic oxidation sites excluding steroid dienone is 1. The lowest BCUT2D eigenvalue weighted by molar-refractivity contribution is -0.115. The maximum atomic E-state index is 12.7. The molecule has 1 unspecified atom stereocenters. The van der Waals surface area contributed by atoms with Crippen molar-refractivity contribution < 1.29 is 19.0 Å². The second-order valence-electron chi connectivity index (χ2n) is 7.87. The summed E-state index contributed by atoms with van der Waals surface area (Å²) < 4.78 is 16.1. The summed E-state index contributed by atoms with van der Waals surface area (Å²) in [6.45, 7) is 4.29.